The molecule has 55 heavy (non-hydrogen) atoms. The Balaban J connectivity index is 1.35. The first kappa shape index (κ1) is 40.7. The Kier molecular flexibility index (Phi) is 11.8. The minimum atomic E-state index is -4.00. The number of aliphatic hydroxyl groups excluding tert-OH is 1. The molecule has 1 unspecified atom stereocenters. The molecule has 0 spiro atoms. The summed E-state index contributed by atoms with van der Waals surface area (Å²) in [5, 5.41) is 16.7. The molecule has 300 valence electrons. The first-order chi connectivity index (χ1) is 26.0. The first-order valence-corrected chi connectivity index (χ1v) is 21.2. The smallest absolute Gasteiger partial charge is 0.317 e. The highest BCUT2D eigenvalue weighted by Gasteiger charge is 2.63. The number of aliphatic hydroxyl groups is 1. The number of benzene rings is 1. The molecule has 0 bridgehead atoms. The van der Waals surface area contributed by atoms with Gasteiger partial charge < -0.3 is 35.0 Å². The van der Waals surface area contributed by atoms with E-state index in [1.54, 1.807) is 46.1 Å². The van der Waals surface area contributed by atoms with Crippen LogP contribution in [0.2, 0.25) is 0 Å². The van der Waals surface area contributed by atoms with E-state index in [1.807, 2.05) is 19.1 Å². The number of aromatic nitrogens is 1. The summed E-state index contributed by atoms with van der Waals surface area (Å²) in [5.74, 6) is -1.69. The molecule has 2 saturated carbocycles. The zero-order valence-electron chi connectivity index (χ0n) is 31.9. The van der Waals surface area contributed by atoms with Crippen molar-refractivity contribution in [2.45, 2.75) is 113 Å². The van der Waals surface area contributed by atoms with Crippen molar-refractivity contribution in [2.24, 2.45) is 5.92 Å². The van der Waals surface area contributed by atoms with Crippen LogP contribution in [-0.4, -0.2) is 108 Å². The van der Waals surface area contributed by atoms with Gasteiger partial charge in [-0.25, -0.2) is 18.2 Å². The van der Waals surface area contributed by atoms with Gasteiger partial charge in [-0.1, -0.05) is 31.1 Å². The Bertz CT molecular complexity index is 1990. The minimum Gasteiger partial charge on any atom is -0.488 e. The fourth-order valence-electron chi connectivity index (χ4n) is 7.27. The maximum atomic E-state index is 14.5. The standard InChI is InChI=1S/C38H51BrN6O9S/c1-6-53-30-19-29(26-15-14-25(22(2)46)31(39)32(26)41-30)54-24-18-28-33(47)42-38(35(49)43-55(51,52)37(3)16-17-37)20-23(38)12-10-8-7-9-11-13-27(34(48)45(28)21-24)40-36(50)44(4)5/h10,12,14-15,19,22-24,27-28,46H,6-9,11,13,16-18,20-21H2,1-5H3,(H,40,50)(H,42,47)(H,43,49)/b12-10-/t22?,23-,24-,27+,28+,38-/m1/s1. The number of carbonyl (C=O) groups is 4. The van der Waals surface area contributed by atoms with Crippen LogP contribution in [0.5, 0.6) is 11.6 Å². The monoisotopic (exact) mass is 846 g/mol. The summed E-state index contributed by atoms with van der Waals surface area (Å²) >= 11 is 3.58. The number of hydrogen-bond acceptors (Lipinski definition) is 10. The number of nitrogens with one attached hydrogen (secondary N) is 3. The fourth-order valence-corrected chi connectivity index (χ4v) is 9.34. The van der Waals surface area contributed by atoms with Gasteiger partial charge in [-0.2, -0.15) is 0 Å². The van der Waals surface area contributed by atoms with E-state index < -0.39 is 74.3 Å². The maximum Gasteiger partial charge on any atom is 0.317 e. The molecule has 15 nitrogen and oxygen atoms in total. The van der Waals surface area contributed by atoms with Crippen LogP contribution in [0.15, 0.2) is 34.8 Å². The molecule has 4 N–H and O–H groups in total. The van der Waals surface area contributed by atoms with Crippen LogP contribution < -0.4 is 24.8 Å². The second-order valence-electron chi connectivity index (χ2n) is 15.5. The van der Waals surface area contributed by atoms with Crippen molar-refractivity contribution >= 4 is 60.6 Å². The van der Waals surface area contributed by atoms with Crippen LogP contribution in [0.25, 0.3) is 10.9 Å². The third-order valence-corrected chi connectivity index (χ3v) is 14.1. The number of urea groups is 1. The maximum absolute atomic E-state index is 14.5. The van der Waals surface area contributed by atoms with Gasteiger partial charge in [0, 0.05) is 42.4 Å². The molecule has 17 heteroatoms. The largest absolute Gasteiger partial charge is 0.488 e. The van der Waals surface area contributed by atoms with E-state index >= 15 is 0 Å². The average molecular weight is 848 g/mol. The number of pyridine rings is 1. The van der Waals surface area contributed by atoms with Crippen molar-refractivity contribution in [2.75, 3.05) is 27.2 Å². The van der Waals surface area contributed by atoms with Crippen LogP contribution in [0.3, 0.4) is 0 Å². The summed E-state index contributed by atoms with van der Waals surface area (Å²) in [6, 6.07) is 2.65. The quantitative estimate of drug-likeness (QED) is 0.270. The second-order valence-corrected chi connectivity index (χ2v) is 18.5. The van der Waals surface area contributed by atoms with Gasteiger partial charge in [0.05, 0.1) is 29.5 Å². The number of nitrogens with zero attached hydrogens (tertiary/aromatic N) is 3. The summed E-state index contributed by atoms with van der Waals surface area (Å²) in [4.78, 5) is 63.1. The highest BCUT2D eigenvalue weighted by Crippen LogP contribution is 2.48. The van der Waals surface area contributed by atoms with E-state index in [4.69, 9.17) is 9.47 Å². The van der Waals surface area contributed by atoms with E-state index in [0.29, 0.717) is 65.4 Å². The van der Waals surface area contributed by atoms with Crippen LogP contribution in [0.1, 0.15) is 90.2 Å². The molecule has 6 rings (SSSR count). The van der Waals surface area contributed by atoms with Crippen LogP contribution >= 0.6 is 15.9 Å². The lowest BCUT2D eigenvalue weighted by atomic mass is 10.0. The molecule has 1 saturated heterocycles. The number of fused-ring (bicyclic) bond motifs is 3. The highest BCUT2D eigenvalue weighted by molar-refractivity contribution is 9.10. The average Bonchev–Trinajstić information content (AvgIpc) is 4.00. The number of halogens is 1. The van der Waals surface area contributed by atoms with Crippen molar-refractivity contribution in [3.63, 3.8) is 0 Å². The Labute approximate surface area is 330 Å². The molecule has 3 heterocycles. The summed E-state index contributed by atoms with van der Waals surface area (Å²) < 4.78 is 40.5. The van der Waals surface area contributed by atoms with Gasteiger partial charge in [0.25, 0.3) is 5.91 Å². The number of rotatable bonds is 9. The van der Waals surface area contributed by atoms with Gasteiger partial charge in [0.2, 0.25) is 27.7 Å². The lowest BCUT2D eigenvalue weighted by molar-refractivity contribution is -0.141. The van der Waals surface area contributed by atoms with Gasteiger partial charge >= 0.3 is 6.03 Å². The van der Waals surface area contributed by atoms with E-state index in [9.17, 15) is 32.7 Å². The lowest BCUT2D eigenvalue weighted by Gasteiger charge is -2.30. The Hall–Kier alpha value is -3.96. The number of ether oxygens (including phenoxy) is 2. The molecule has 2 aliphatic heterocycles. The van der Waals surface area contributed by atoms with Gasteiger partial charge in [-0.3, -0.25) is 19.1 Å². The van der Waals surface area contributed by atoms with Crippen LogP contribution in [-0.2, 0) is 24.4 Å². The van der Waals surface area contributed by atoms with Crippen molar-refractivity contribution in [3.05, 3.63) is 40.4 Å². The molecule has 6 atom stereocenters. The molecular formula is C38H51BrN6O9S. The minimum absolute atomic E-state index is 0.0266. The third kappa shape index (κ3) is 8.43. The van der Waals surface area contributed by atoms with Gasteiger partial charge in [-0.15, -0.1) is 0 Å². The van der Waals surface area contributed by atoms with E-state index in [2.05, 4.69) is 36.3 Å². The number of amides is 5. The van der Waals surface area contributed by atoms with E-state index in [-0.39, 0.29) is 25.3 Å². The topological polar surface area (TPSA) is 197 Å². The normalized spacial score (nSPS) is 27.7. The Morgan fingerprint density at radius 2 is 1.95 bits per heavy atom. The molecule has 1 aromatic heterocycles. The van der Waals surface area contributed by atoms with Crippen molar-refractivity contribution in [1.29, 1.82) is 0 Å². The number of carbonyl (C=O) groups excluding carboxylic acids is 4. The number of allylic oxidation sites excluding steroid dienone is 1. The SMILES string of the molecule is CCOc1cc(O[C@@H]2C[C@H]3C(=O)N[C@]4(C(=O)NS(=O)(=O)C5(C)CC5)C[C@H]4/C=C\CCCCC[C@H](NC(=O)N(C)C)C(=O)N3C2)c2ccc(C(C)O)c(Br)c2n1. The molecule has 3 fully saturated rings. The molecule has 0 radical (unpaired) electrons. The number of sulfonamides is 1. The predicted molar refractivity (Wildman–Crippen MR) is 208 cm³/mol. The lowest BCUT2D eigenvalue weighted by Crippen LogP contribution is -2.59. The zero-order chi connectivity index (χ0) is 39.9. The molecule has 1 aromatic carbocycles. The Morgan fingerprint density at radius 3 is 2.62 bits per heavy atom. The third-order valence-electron chi connectivity index (χ3n) is 11.1. The molecule has 2 aliphatic carbocycles. The summed E-state index contributed by atoms with van der Waals surface area (Å²) in [7, 11) is -0.845. The summed E-state index contributed by atoms with van der Waals surface area (Å²) in [6.45, 7) is 5.35. The molecule has 2 aromatic rings. The fraction of sp³-hybridized carbons (Fsp3) is 0.605. The zero-order valence-corrected chi connectivity index (χ0v) is 34.3. The highest BCUT2D eigenvalue weighted by atomic mass is 79.9. The molecule has 5 amide bonds. The molecule has 4 aliphatic rings. The predicted octanol–water partition coefficient (Wildman–Crippen LogP) is 3.83. The first-order valence-electron chi connectivity index (χ1n) is 18.9. The second kappa shape index (κ2) is 15.9. The van der Waals surface area contributed by atoms with Crippen molar-refractivity contribution in [3.8, 4) is 11.6 Å². The van der Waals surface area contributed by atoms with Gasteiger partial charge in [-0.05, 0) is 86.9 Å². The van der Waals surface area contributed by atoms with Gasteiger partial charge in [0.1, 0.15) is 29.5 Å². The molecular weight excluding hydrogens is 796 g/mol. The number of hydrogen-bond donors (Lipinski definition) is 4. The van der Waals surface area contributed by atoms with Crippen LogP contribution in [0.4, 0.5) is 4.79 Å². The summed E-state index contributed by atoms with van der Waals surface area (Å²) in [5.41, 5.74) is -0.423. The van der Waals surface area contributed by atoms with Crippen LogP contribution in [0, 0.1) is 5.92 Å². The van der Waals surface area contributed by atoms with Gasteiger partial charge in [0.15, 0.2) is 0 Å². The van der Waals surface area contributed by atoms with Crippen molar-refractivity contribution < 1.29 is 42.2 Å². The van der Waals surface area contributed by atoms with Crippen molar-refractivity contribution in [1.82, 2.24) is 30.1 Å². The van der Waals surface area contributed by atoms with E-state index in [0.717, 1.165) is 12.8 Å². The summed E-state index contributed by atoms with van der Waals surface area (Å²) in [6.07, 6.45) is 6.63. The van der Waals surface area contributed by atoms with E-state index in [1.165, 1.54) is 9.80 Å². The Morgan fingerprint density at radius 1 is 1.20 bits per heavy atom.